The van der Waals surface area contributed by atoms with E-state index in [1.54, 1.807) is 14.2 Å². The van der Waals surface area contributed by atoms with Crippen LogP contribution in [-0.2, 0) is 0 Å². The van der Waals surface area contributed by atoms with Crippen molar-refractivity contribution in [2.24, 2.45) is 0 Å². The van der Waals surface area contributed by atoms with Gasteiger partial charge < -0.3 is 14.8 Å². The van der Waals surface area contributed by atoms with E-state index in [9.17, 15) is 0 Å². The fraction of sp³-hybridized carbons (Fsp3) is 0.500. The van der Waals surface area contributed by atoms with Crippen molar-refractivity contribution in [3.8, 4) is 11.5 Å². The van der Waals surface area contributed by atoms with E-state index in [0.29, 0.717) is 6.04 Å². The first-order valence-electron chi connectivity index (χ1n) is 5.32. The van der Waals surface area contributed by atoms with Crippen LogP contribution >= 0.6 is 0 Å². The highest BCUT2D eigenvalue weighted by Crippen LogP contribution is 2.32. The number of hydrogen-bond donors (Lipinski definition) is 1. The summed E-state index contributed by atoms with van der Waals surface area (Å²) in [6.07, 6.45) is 3.85. The van der Waals surface area contributed by atoms with Gasteiger partial charge in [-0.2, -0.15) is 0 Å². The molecular weight excluding hydrogens is 190 g/mol. The van der Waals surface area contributed by atoms with Crippen LogP contribution in [0.25, 0.3) is 0 Å². The van der Waals surface area contributed by atoms with E-state index in [2.05, 4.69) is 5.32 Å². The van der Waals surface area contributed by atoms with Gasteiger partial charge in [-0.1, -0.05) is 0 Å². The lowest BCUT2D eigenvalue weighted by atomic mass is 9.93. The Balaban J connectivity index is 2.13. The van der Waals surface area contributed by atoms with Gasteiger partial charge in [0.05, 0.1) is 19.9 Å². The number of ether oxygens (including phenoxy) is 2. The molecule has 0 aromatic heterocycles. The van der Waals surface area contributed by atoms with Gasteiger partial charge in [-0.05, 0) is 31.4 Å². The number of anilines is 1. The van der Waals surface area contributed by atoms with Gasteiger partial charge in [-0.3, -0.25) is 0 Å². The molecule has 82 valence electrons. The predicted molar refractivity (Wildman–Crippen MR) is 60.8 cm³/mol. The molecule has 1 aromatic rings. The molecule has 3 heteroatoms. The first-order valence-corrected chi connectivity index (χ1v) is 5.32. The largest absolute Gasteiger partial charge is 0.497 e. The molecule has 0 saturated heterocycles. The summed E-state index contributed by atoms with van der Waals surface area (Å²) in [5, 5.41) is 3.47. The first-order chi connectivity index (χ1) is 7.33. The van der Waals surface area contributed by atoms with Crippen molar-refractivity contribution in [3.63, 3.8) is 0 Å². The highest BCUT2D eigenvalue weighted by Gasteiger charge is 2.18. The summed E-state index contributed by atoms with van der Waals surface area (Å²) in [5.74, 6) is 1.67. The van der Waals surface area contributed by atoms with Gasteiger partial charge in [0.15, 0.2) is 0 Å². The first kappa shape index (κ1) is 10.1. The Kier molecular flexibility index (Phi) is 2.99. The molecule has 0 aliphatic heterocycles. The second-order valence-electron chi connectivity index (χ2n) is 3.84. The van der Waals surface area contributed by atoms with E-state index in [1.165, 1.54) is 19.3 Å². The Labute approximate surface area is 90.4 Å². The van der Waals surface area contributed by atoms with Crippen LogP contribution in [0.5, 0.6) is 11.5 Å². The molecule has 0 unspecified atom stereocenters. The Morgan fingerprint density at radius 3 is 2.53 bits per heavy atom. The molecule has 0 atom stereocenters. The maximum atomic E-state index is 5.31. The van der Waals surface area contributed by atoms with Gasteiger partial charge >= 0.3 is 0 Å². The van der Waals surface area contributed by atoms with E-state index >= 15 is 0 Å². The van der Waals surface area contributed by atoms with Crippen LogP contribution in [0.1, 0.15) is 19.3 Å². The normalized spacial score (nSPS) is 15.6. The van der Waals surface area contributed by atoms with E-state index in [0.717, 1.165) is 17.2 Å². The smallest absolute Gasteiger partial charge is 0.145 e. The summed E-state index contributed by atoms with van der Waals surface area (Å²) in [6.45, 7) is 0. The van der Waals surface area contributed by atoms with Gasteiger partial charge in [-0.25, -0.2) is 0 Å². The Hall–Kier alpha value is -1.38. The van der Waals surface area contributed by atoms with Crippen molar-refractivity contribution < 1.29 is 9.47 Å². The molecule has 1 aliphatic carbocycles. The Morgan fingerprint density at radius 2 is 2.00 bits per heavy atom. The zero-order valence-corrected chi connectivity index (χ0v) is 9.25. The van der Waals surface area contributed by atoms with Crippen LogP contribution in [0, 0.1) is 0 Å². The molecule has 1 aromatic carbocycles. The second-order valence-corrected chi connectivity index (χ2v) is 3.84. The molecule has 1 saturated carbocycles. The van der Waals surface area contributed by atoms with Crippen LogP contribution in [0.3, 0.4) is 0 Å². The van der Waals surface area contributed by atoms with Crippen molar-refractivity contribution in [2.75, 3.05) is 19.5 Å². The minimum atomic E-state index is 0.618. The number of methoxy groups -OCH3 is 2. The number of benzene rings is 1. The third-order valence-electron chi connectivity index (χ3n) is 2.87. The van der Waals surface area contributed by atoms with Gasteiger partial charge in [0.2, 0.25) is 0 Å². The maximum Gasteiger partial charge on any atom is 0.145 e. The molecular formula is C12H17NO2. The molecule has 0 amide bonds. The van der Waals surface area contributed by atoms with Crippen molar-refractivity contribution in [1.29, 1.82) is 0 Å². The quantitative estimate of drug-likeness (QED) is 0.823. The summed E-state index contributed by atoms with van der Waals surface area (Å²) in [4.78, 5) is 0. The fourth-order valence-corrected chi connectivity index (χ4v) is 1.69. The van der Waals surface area contributed by atoms with Gasteiger partial charge in [-0.15, -0.1) is 0 Å². The summed E-state index contributed by atoms with van der Waals surface area (Å²) >= 11 is 0. The summed E-state index contributed by atoms with van der Waals surface area (Å²) in [5.41, 5.74) is 1.06. The Bertz CT molecular complexity index is 334. The molecule has 2 rings (SSSR count). The second kappa shape index (κ2) is 4.43. The Morgan fingerprint density at radius 1 is 1.20 bits per heavy atom. The molecule has 1 aliphatic rings. The summed E-state index contributed by atoms with van der Waals surface area (Å²) in [7, 11) is 3.34. The minimum Gasteiger partial charge on any atom is -0.497 e. The number of nitrogens with one attached hydrogen (secondary N) is 1. The van der Waals surface area contributed by atoms with E-state index in [-0.39, 0.29) is 0 Å². The molecule has 0 heterocycles. The van der Waals surface area contributed by atoms with Crippen molar-refractivity contribution >= 4 is 5.69 Å². The molecule has 15 heavy (non-hydrogen) atoms. The summed E-state index contributed by atoms with van der Waals surface area (Å²) < 4.78 is 10.5. The van der Waals surface area contributed by atoms with E-state index in [1.807, 2.05) is 18.2 Å². The van der Waals surface area contributed by atoms with Crippen LogP contribution in [-0.4, -0.2) is 20.3 Å². The van der Waals surface area contributed by atoms with Crippen LogP contribution in [0.4, 0.5) is 5.69 Å². The van der Waals surface area contributed by atoms with Gasteiger partial charge in [0.1, 0.15) is 11.5 Å². The van der Waals surface area contributed by atoms with Crippen LogP contribution in [0.15, 0.2) is 18.2 Å². The van der Waals surface area contributed by atoms with Crippen LogP contribution < -0.4 is 14.8 Å². The molecule has 0 spiro atoms. The van der Waals surface area contributed by atoms with E-state index in [4.69, 9.17) is 9.47 Å². The van der Waals surface area contributed by atoms with Gasteiger partial charge in [0.25, 0.3) is 0 Å². The molecule has 1 fully saturated rings. The SMILES string of the molecule is COc1ccc(NC2CCC2)c(OC)c1. The molecule has 0 bridgehead atoms. The summed E-state index contributed by atoms with van der Waals surface area (Å²) in [6, 6.07) is 6.48. The highest BCUT2D eigenvalue weighted by atomic mass is 16.5. The maximum absolute atomic E-state index is 5.31. The topological polar surface area (TPSA) is 30.5 Å². The number of hydrogen-bond acceptors (Lipinski definition) is 3. The van der Waals surface area contributed by atoms with Crippen molar-refractivity contribution in [1.82, 2.24) is 0 Å². The van der Waals surface area contributed by atoms with Crippen molar-refractivity contribution in [2.45, 2.75) is 25.3 Å². The van der Waals surface area contributed by atoms with Crippen molar-refractivity contribution in [3.05, 3.63) is 18.2 Å². The monoisotopic (exact) mass is 207 g/mol. The zero-order valence-electron chi connectivity index (χ0n) is 9.25. The third-order valence-corrected chi connectivity index (χ3v) is 2.87. The van der Waals surface area contributed by atoms with Crippen LogP contribution in [0.2, 0.25) is 0 Å². The average Bonchev–Trinajstić information content (AvgIpc) is 2.23. The fourth-order valence-electron chi connectivity index (χ4n) is 1.69. The minimum absolute atomic E-state index is 0.618. The average molecular weight is 207 g/mol. The lowest BCUT2D eigenvalue weighted by molar-refractivity contribution is 0.392. The highest BCUT2D eigenvalue weighted by molar-refractivity contribution is 5.59. The molecule has 0 radical (unpaired) electrons. The third kappa shape index (κ3) is 2.17. The predicted octanol–water partition coefficient (Wildman–Crippen LogP) is 2.67. The lowest BCUT2D eigenvalue weighted by Gasteiger charge is -2.28. The van der Waals surface area contributed by atoms with Gasteiger partial charge in [0, 0.05) is 12.1 Å². The molecule has 3 nitrogen and oxygen atoms in total. The van der Waals surface area contributed by atoms with E-state index < -0.39 is 0 Å². The zero-order chi connectivity index (χ0) is 10.7. The standard InChI is InChI=1S/C12H17NO2/c1-14-10-6-7-11(12(8-10)15-2)13-9-4-3-5-9/h6-9,13H,3-5H2,1-2H3. The number of rotatable bonds is 4. The lowest BCUT2D eigenvalue weighted by Crippen LogP contribution is -2.27. The molecule has 1 N–H and O–H groups in total.